The Kier molecular flexibility index (Phi) is 3.72. The molecule has 7 nitrogen and oxygen atoms in total. The topological polar surface area (TPSA) is 81.5 Å². The first-order valence-corrected chi connectivity index (χ1v) is 8.36. The second kappa shape index (κ2) is 4.92. The van der Waals surface area contributed by atoms with E-state index >= 15 is 0 Å². The molecule has 2 heterocycles. The maximum absolute atomic E-state index is 12.0. The Labute approximate surface area is 121 Å². The number of halogens is 1. The van der Waals surface area contributed by atoms with Gasteiger partial charge < -0.3 is 9.64 Å². The van der Waals surface area contributed by atoms with Crippen molar-refractivity contribution < 1.29 is 17.9 Å². The minimum Gasteiger partial charge on any atom is -0.444 e. The molecule has 1 aromatic heterocycles. The molecule has 112 valence electrons. The molecular formula is C11H16ClN3O4S. The molecule has 0 spiro atoms. The predicted molar refractivity (Wildman–Crippen MR) is 71.9 cm³/mol. The fourth-order valence-corrected chi connectivity index (χ4v) is 2.92. The first-order valence-electron chi connectivity index (χ1n) is 6.05. The molecule has 0 bridgehead atoms. The van der Waals surface area contributed by atoms with Crippen molar-refractivity contribution in [2.75, 3.05) is 6.54 Å². The van der Waals surface area contributed by atoms with Crippen molar-refractivity contribution in [1.29, 1.82) is 0 Å². The van der Waals surface area contributed by atoms with Crippen LogP contribution in [-0.4, -0.2) is 41.3 Å². The molecule has 0 aromatic carbocycles. The van der Waals surface area contributed by atoms with Gasteiger partial charge in [-0.2, -0.15) is 5.10 Å². The zero-order valence-corrected chi connectivity index (χ0v) is 13.0. The van der Waals surface area contributed by atoms with Crippen molar-refractivity contribution in [1.82, 2.24) is 14.7 Å². The Morgan fingerprint density at radius 1 is 1.40 bits per heavy atom. The summed E-state index contributed by atoms with van der Waals surface area (Å²) in [6, 6.07) is 0. The summed E-state index contributed by atoms with van der Waals surface area (Å²) in [4.78, 5) is 13.4. The van der Waals surface area contributed by atoms with Crippen molar-refractivity contribution in [3.8, 4) is 0 Å². The summed E-state index contributed by atoms with van der Waals surface area (Å²) in [6.45, 7) is 6.23. The zero-order chi connectivity index (χ0) is 15.1. The third-order valence-electron chi connectivity index (χ3n) is 2.75. The third-order valence-corrected chi connectivity index (χ3v) is 4.11. The molecule has 0 saturated carbocycles. The van der Waals surface area contributed by atoms with E-state index in [4.69, 9.17) is 15.4 Å². The fraction of sp³-hybridized carbons (Fsp3) is 0.636. The van der Waals surface area contributed by atoms with Gasteiger partial charge in [0.2, 0.25) is 0 Å². The normalized spacial score (nSPS) is 15.9. The maximum Gasteiger partial charge on any atom is 0.410 e. The highest BCUT2D eigenvalue weighted by Gasteiger charge is 2.30. The molecule has 9 heteroatoms. The van der Waals surface area contributed by atoms with E-state index in [-0.39, 0.29) is 11.4 Å². The number of rotatable bonds is 1. The van der Waals surface area contributed by atoms with E-state index < -0.39 is 20.7 Å². The second-order valence-corrected chi connectivity index (χ2v) is 8.05. The van der Waals surface area contributed by atoms with Gasteiger partial charge in [0, 0.05) is 17.2 Å². The van der Waals surface area contributed by atoms with Gasteiger partial charge in [-0.25, -0.2) is 13.2 Å². The van der Waals surface area contributed by atoms with Gasteiger partial charge in [-0.3, -0.25) is 4.68 Å². The Morgan fingerprint density at radius 3 is 2.60 bits per heavy atom. The van der Waals surface area contributed by atoms with E-state index in [1.807, 2.05) is 0 Å². The van der Waals surface area contributed by atoms with Gasteiger partial charge in [-0.05, 0) is 20.8 Å². The van der Waals surface area contributed by atoms with Crippen molar-refractivity contribution in [3.05, 3.63) is 11.9 Å². The number of aromatic nitrogens is 2. The predicted octanol–water partition coefficient (Wildman–Crippen LogP) is 1.56. The molecule has 1 aliphatic rings. The van der Waals surface area contributed by atoms with Gasteiger partial charge >= 0.3 is 6.09 Å². The van der Waals surface area contributed by atoms with Gasteiger partial charge in [0.15, 0.2) is 0 Å². The van der Waals surface area contributed by atoms with Crippen LogP contribution in [0, 0.1) is 0 Å². The van der Waals surface area contributed by atoms with Crippen LogP contribution in [-0.2, 0) is 26.9 Å². The van der Waals surface area contributed by atoms with Crippen LogP contribution in [0.1, 0.15) is 26.5 Å². The molecule has 0 N–H and O–H groups in total. The molecule has 0 radical (unpaired) electrons. The van der Waals surface area contributed by atoms with Crippen molar-refractivity contribution >= 4 is 25.8 Å². The summed E-state index contributed by atoms with van der Waals surface area (Å²) in [5, 5.41) is 3.97. The Bertz CT molecular complexity index is 633. The minimum atomic E-state index is -3.88. The molecule has 1 amide bonds. The zero-order valence-electron chi connectivity index (χ0n) is 11.5. The highest BCUT2D eigenvalue weighted by atomic mass is 35.7. The number of nitrogens with zero attached hydrogens (tertiary/aromatic N) is 3. The van der Waals surface area contributed by atoms with Gasteiger partial charge in [0.05, 0.1) is 25.0 Å². The summed E-state index contributed by atoms with van der Waals surface area (Å²) in [7, 11) is 1.48. The quantitative estimate of drug-likeness (QED) is 0.733. The maximum atomic E-state index is 12.0. The summed E-state index contributed by atoms with van der Waals surface area (Å²) < 4.78 is 29.7. The molecule has 1 aromatic rings. The van der Waals surface area contributed by atoms with E-state index in [1.54, 1.807) is 20.8 Å². The minimum absolute atomic E-state index is 0.0626. The molecule has 20 heavy (non-hydrogen) atoms. The summed E-state index contributed by atoms with van der Waals surface area (Å²) >= 11 is 0. The van der Waals surface area contributed by atoms with Gasteiger partial charge in [-0.15, -0.1) is 0 Å². The molecule has 0 saturated heterocycles. The molecule has 0 fully saturated rings. The molecule has 0 unspecified atom stereocenters. The van der Waals surface area contributed by atoms with Gasteiger partial charge in [-0.1, -0.05) is 0 Å². The van der Waals surface area contributed by atoms with Crippen molar-refractivity contribution in [3.63, 3.8) is 0 Å². The molecule has 2 rings (SSSR count). The third kappa shape index (κ3) is 3.24. The second-order valence-electron chi connectivity index (χ2n) is 5.52. The van der Waals surface area contributed by atoms with Crippen molar-refractivity contribution in [2.45, 2.75) is 44.4 Å². The van der Waals surface area contributed by atoms with Crippen LogP contribution in [0.4, 0.5) is 4.79 Å². The lowest BCUT2D eigenvalue weighted by molar-refractivity contribution is 0.0192. The lowest BCUT2D eigenvalue weighted by atomic mass is 10.2. The van der Waals surface area contributed by atoms with Crippen LogP contribution in [0.25, 0.3) is 0 Å². The lowest BCUT2D eigenvalue weighted by Crippen LogP contribution is -2.41. The molecule has 0 atom stereocenters. The summed E-state index contributed by atoms with van der Waals surface area (Å²) in [5.41, 5.74) is -0.201. The molecule has 1 aliphatic heterocycles. The van der Waals surface area contributed by atoms with E-state index in [0.717, 1.165) is 0 Å². The van der Waals surface area contributed by atoms with Crippen LogP contribution >= 0.6 is 10.7 Å². The number of fused-ring (bicyclic) bond motifs is 1. The standard InChI is InChI=1S/C11H16ClN3O4S/c1-11(2,3)19-10(16)14-4-5-15-8(7-14)9(6-13-15)20(12,17)18/h6H,4-5,7H2,1-3H3. The van der Waals surface area contributed by atoms with Crippen LogP contribution in [0.5, 0.6) is 0 Å². The number of hydrogen-bond acceptors (Lipinski definition) is 5. The summed E-state index contributed by atoms with van der Waals surface area (Å²) in [5.74, 6) is 0. The number of ether oxygens (including phenoxy) is 1. The summed E-state index contributed by atoms with van der Waals surface area (Å²) in [6.07, 6.45) is 0.721. The van der Waals surface area contributed by atoms with Crippen molar-refractivity contribution in [2.24, 2.45) is 0 Å². The highest BCUT2D eigenvalue weighted by molar-refractivity contribution is 8.13. The molecule has 0 aliphatic carbocycles. The fourth-order valence-electron chi connectivity index (χ4n) is 1.91. The smallest absolute Gasteiger partial charge is 0.410 e. The SMILES string of the molecule is CC(C)(C)OC(=O)N1CCn2ncc(S(=O)(=O)Cl)c2C1. The average molecular weight is 322 g/mol. The van der Waals surface area contributed by atoms with Gasteiger partial charge in [0.1, 0.15) is 10.5 Å². The number of hydrogen-bond donors (Lipinski definition) is 0. The number of carbonyl (C=O) groups excluding carboxylic acids is 1. The van der Waals surface area contributed by atoms with Crippen LogP contribution in [0.3, 0.4) is 0 Å². The van der Waals surface area contributed by atoms with E-state index in [1.165, 1.54) is 15.8 Å². The molecular weight excluding hydrogens is 306 g/mol. The first kappa shape index (κ1) is 15.1. The first-order chi connectivity index (χ1) is 9.08. The van der Waals surface area contributed by atoms with Gasteiger partial charge in [0.25, 0.3) is 9.05 Å². The highest BCUT2D eigenvalue weighted by Crippen LogP contribution is 2.24. The average Bonchev–Trinajstić information content (AvgIpc) is 2.68. The number of carbonyl (C=O) groups is 1. The van der Waals surface area contributed by atoms with Crippen LogP contribution in [0.2, 0.25) is 0 Å². The Hall–Kier alpha value is -1.28. The number of amides is 1. The Morgan fingerprint density at radius 2 is 2.05 bits per heavy atom. The van der Waals surface area contributed by atoms with Crippen LogP contribution in [0.15, 0.2) is 11.1 Å². The van der Waals surface area contributed by atoms with Crippen LogP contribution < -0.4 is 0 Å². The largest absolute Gasteiger partial charge is 0.444 e. The van der Waals surface area contributed by atoms with E-state index in [9.17, 15) is 13.2 Å². The van der Waals surface area contributed by atoms with E-state index in [0.29, 0.717) is 18.8 Å². The monoisotopic (exact) mass is 321 g/mol. The Balaban J connectivity index is 2.22. The lowest BCUT2D eigenvalue weighted by Gasteiger charge is -2.30. The van der Waals surface area contributed by atoms with E-state index in [2.05, 4.69) is 5.10 Å².